The van der Waals surface area contributed by atoms with Crippen LogP contribution in [0.2, 0.25) is 0 Å². The van der Waals surface area contributed by atoms with Gasteiger partial charge in [-0.1, -0.05) is 30.3 Å². The molecule has 0 bridgehead atoms. The molecule has 160 valence electrons. The van der Waals surface area contributed by atoms with Crippen molar-refractivity contribution in [3.05, 3.63) is 72.3 Å². The lowest BCUT2D eigenvalue weighted by Gasteiger charge is -2.19. The van der Waals surface area contributed by atoms with Crippen molar-refractivity contribution in [1.29, 1.82) is 0 Å². The maximum Gasteiger partial charge on any atom is 0.339 e. The molecule has 8 heteroatoms. The number of nitrogens with one attached hydrogen (secondary N) is 2. The molecule has 8 nitrogen and oxygen atoms in total. The summed E-state index contributed by atoms with van der Waals surface area (Å²) < 4.78 is 16.2. The first kappa shape index (κ1) is 19.6. The van der Waals surface area contributed by atoms with E-state index in [1.54, 1.807) is 36.4 Å². The van der Waals surface area contributed by atoms with Crippen molar-refractivity contribution in [3.8, 4) is 22.9 Å². The van der Waals surface area contributed by atoms with Crippen LogP contribution >= 0.6 is 0 Å². The van der Waals surface area contributed by atoms with E-state index in [4.69, 9.17) is 14.2 Å². The Labute approximate surface area is 183 Å². The molecule has 3 aromatic carbocycles. The molecule has 0 aliphatic carbocycles. The van der Waals surface area contributed by atoms with Gasteiger partial charge in [0.2, 0.25) is 0 Å². The molecule has 2 N–H and O–H groups in total. The third-order valence-electron chi connectivity index (χ3n) is 4.95. The molecule has 0 spiro atoms. The van der Waals surface area contributed by atoms with Crippen LogP contribution in [0.3, 0.4) is 0 Å². The molecule has 4 aromatic rings. The van der Waals surface area contributed by atoms with Crippen LogP contribution in [0.4, 0.5) is 5.69 Å². The number of carbonyl (C=O) groups excluding carboxylic acids is 2. The number of ether oxygens (including phenoxy) is 3. The average molecular weight is 429 g/mol. The first-order valence-corrected chi connectivity index (χ1v) is 10.1. The number of rotatable bonds is 5. The highest BCUT2D eigenvalue weighted by Crippen LogP contribution is 2.32. The van der Waals surface area contributed by atoms with Gasteiger partial charge in [0.25, 0.3) is 5.91 Å². The van der Waals surface area contributed by atoms with Crippen LogP contribution in [0.15, 0.2) is 66.7 Å². The zero-order valence-corrected chi connectivity index (χ0v) is 17.0. The van der Waals surface area contributed by atoms with Crippen molar-refractivity contribution in [2.45, 2.75) is 0 Å². The van der Waals surface area contributed by atoms with E-state index in [1.807, 2.05) is 30.3 Å². The molecule has 1 aliphatic heterocycles. The topological polar surface area (TPSA) is 103 Å². The van der Waals surface area contributed by atoms with E-state index in [0.29, 0.717) is 47.4 Å². The van der Waals surface area contributed by atoms with Crippen LogP contribution in [0, 0.1) is 0 Å². The predicted molar refractivity (Wildman–Crippen MR) is 118 cm³/mol. The SMILES string of the molecule is O=C(COC(=O)c1ccccc1-c1nc2ccccc2[nH]1)Nc1ccc2c(c1)OCCO2. The second-order valence-electron chi connectivity index (χ2n) is 7.13. The average Bonchev–Trinajstić information content (AvgIpc) is 3.27. The molecule has 5 rings (SSSR count). The molecule has 32 heavy (non-hydrogen) atoms. The molecule has 0 unspecified atom stereocenters. The Morgan fingerprint density at radius 3 is 2.62 bits per heavy atom. The number of esters is 1. The van der Waals surface area contributed by atoms with Gasteiger partial charge in [-0.25, -0.2) is 9.78 Å². The highest BCUT2D eigenvalue weighted by atomic mass is 16.6. The van der Waals surface area contributed by atoms with Crippen LogP contribution in [0.1, 0.15) is 10.4 Å². The van der Waals surface area contributed by atoms with Gasteiger partial charge in [-0.2, -0.15) is 0 Å². The van der Waals surface area contributed by atoms with Gasteiger partial charge in [-0.05, 0) is 30.3 Å². The standard InChI is InChI=1S/C24H19N3O5/c28-22(25-15-9-10-20-21(13-15)31-12-11-30-20)14-32-24(29)17-6-2-1-5-16(17)23-26-18-7-3-4-8-19(18)27-23/h1-10,13H,11-12,14H2,(H,25,28)(H,26,27). The molecular weight excluding hydrogens is 410 g/mol. The van der Waals surface area contributed by atoms with Crippen molar-refractivity contribution < 1.29 is 23.8 Å². The van der Waals surface area contributed by atoms with E-state index >= 15 is 0 Å². The summed E-state index contributed by atoms with van der Waals surface area (Å²) in [4.78, 5) is 32.8. The number of nitrogens with zero attached hydrogens (tertiary/aromatic N) is 1. The first-order chi connectivity index (χ1) is 15.7. The smallest absolute Gasteiger partial charge is 0.339 e. The van der Waals surface area contributed by atoms with Crippen LogP contribution in [0.25, 0.3) is 22.4 Å². The van der Waals surface area contributed by atoms with Gasteiger partial charge in [0.15, 0.2) is 18.1 Å². The normalized spacial score (nSPS) is 12.4. The van der Waals surface area contributed by atoms with E-state index in [0.717, 1.165) is 11.0 Å². The minimum Gasteiger partial charge on any atom is -0.486 e. The van der Waals surface area contributed by atoms with Crippen molar-refractivity contribution in [2.75, 3.05) is 25.1 Å². The summed E-state index contributed by atoms with van der Waals surface area (Å²) >= 11 is 0. The van der Waals surface area contributed by atoms with Gasteiger partial charge in [-0.3, -0.25) is 4.79 Å². The monoisotopic (exact) mass is 429 g/mol. The second kappa shape index (κ2) is 8.43. The molecule has 2 heterocycles. The fourth-order valence-electron chi connectivity index (χ4n) is 3.48. The molecule has 0 saturated carbocycles. The van der Waals surface area contributed by atoms with Crippen LogP contribution in [-0.2, 0) is 9.53 Å². The van der Waals surface area contributed by atoms with Crippen LogP contribution in [0.5, 0.6) is 11.5 Å². The number of H-pyrrole nitrogens is 1. The number of anilines is 1. The Balaban J connectivity index is 1.27. The summed E-state index contributed by atoms with van der Waals surface area (Å²) in [6.07, 6.45) is 0. The zero-order chi connectivity index (χ0) is 21.9. The number of amides is 1. The second-order valence-corrected chi connectivity index (χ2v) is 7.13. The highest BCUT2D eigenvalue weighted by molar-refractivity contribution is 5.99. The summed E-state index contributed by atoms with van der Waals surface area (Å²) in [5.41, 5.74) is 3.10. The largest absolute Gasteiger partial charge is 0.486 e. The van der Waals surface area contributed by atoms with Gasteiger partial charge < -0.3 is 24.5 Å². The third kappa shape index (κ3) is 3.98. The summed E-state index contributed by atoms with van der Waals surface area (Å²) in [5, 5.41) is 2.69. The number of benzene rings is 3. The Morgan fingerprint density at radius 1 is 0.969 bits per heavy atom. The molecule has 0 radical (unpaired) electrons. The highest BCUT2D eigenvalue weighted by Gasteiger charge is 2.18. The van der Waals surface area contributed by atoms with Crippen molar-refractivity contribution >= 4 is 28.6 Å². The van der Waals surface area contributed by atoms with Crippen molar-refractivity contribution in [2.24, 2.45) is 0 Å². The Hall–Kier alpha value is -4.33. The van der Waals surface area contributed by atoms with E-state index in [1.165, 1.54) is 0 Å². The molecular formula is C24H19N3O5. The van der Waals surface area contributed by atoms with Gasteiger partial charge in [0, 0.05) is 17.3 Å². The molecule has 0 atom stereocenters. The number of hydrogen-bond acceptors (Lipinski definition) is 6. The lowest BCUT2D eigenvalue weighted by molar-refractivity contribution is -0.119. The zero-order valence-electron chi connectivity index (χ0n) is 17.0. The lowest BCUT2D eigenvalue weighted by atomic mass is 10.1. The summed E-state index contributed by atoms with van der Waals surface area (Å²) in [7, 11) is 0. The minimum atomic E-state index is -0.613. The summed E-state index contributed by atoms with van der Waals surface area (Å²) in [6, 6.07) is 19.7. The minimum absolute atomic E-state index is 0.318. The molecule has 0 saturated heterocycles. The lowest BCUT2D eigenvalue weighted by Crippen LogP contribution is -2.21. The van der Waals surface area contributed by atoms with Gasteiger partial charge in [0.1, 0.15) is 19.0 Å². The van der Waals surface area contributed by atoms with Gasteiger partial charge in [-0.15, -0.1) is 0 Å². The van der Waals surface area contributed by atoms with E-state index < -0.39 is 18.5 Å². The van der Waals surface area contributed by atoms with E-state index in [2.05, 4.69) is 15.3 Å². The maximum absolute atomic E-state index is 12.7. The fourth-order valence-corrected chi connectivity index (χ4v) is 3.48. The van der Waals surface area contributed by atoms with Crippen LogP contribution in [-0.4, -0.2) is 41.7 Å². The number of carbonyl (C=O) groups is 2. The van der Waals surface area contributed by atoms with Crippen LogP contribution < -0.4 is 14.8 Å². The Bertz CT molecular complexity index is 1280. The first-order valence-electron chi connectivity index (χ1n) is 10.1. The van der Waals surface area contributed by atoms with E-state index in [-0.39, 0.29) is 0 Å². The Morgan fingerprint density at radius 2 is 1.75 bits per heavy atom. The quantitative estimate of drug-likeness (QED) is 0.468. The third-order valence-corrected chi connectivity index (χ3v) is 4.95. The van der Waals surface area contributed by atoms with Gasteiger partial charge in [0.05, 0.1) is 16.6 Å². The molecule has 1 aliphatic rings. The maximum atomic E-state index is 12.7. The number of aromatic amines is 1. The Kier molecular flexibility index (Phi) is 5.17. The molecule has 0 fully saturated rings. The van der Waals surface area contributed by atoms with E-state index in [9.17, 15) is 9.59 Å². The van der Waals surface area contributed by atoms with Gasteiger partial charge >= 0.3 is 5.97 Å². The summed E-state index contributed by atoms with van der Waals surface area (Å²) in [6.45, 7) is 0.512. The molecule has 1 amide bonds. The number of para-hydroxylation sites is 2. The number of fused-ring (bicyclic) bond motifs is 2. The summed E-state index contributed by atoms with van der Waals surface area (Å²) in [5.74, 6) is 0.669. The molecule has 1 aromatic heterocycles. The number of hydrogen-bond donors (Lipinski definition) is 2. The van der Waals surface area contributed by atoms with Crippen molar-refractivity contribution in [3.63, 3.8) is 0 Å². The number of imidazole rings is 1. The van der Waals surface area contributed by atoms with Crippen molar-refractivity contribution in [1.82, 2.24) is 9.97 Å². The predicted octanol–water partition coefficient (Wildman–Crippen LogP) is 3.80. The fraction of sp³-hybridized carbons (Fsp3) is 0.125. The number of aromatic nitrogens is 2.